The second-order valence-electron chi connectivity index (χ2n) is 11.0. The predicted molar refractivity (Wildman–Crippen MR) is 117 cm³/mol. The van der Waals surface area contributed by atoms with Crippen molar-refractivity contribution in [2.45, 2.75) is 109 Å². The normalized spacial score (nSPS) is 32.6. The predicted octanol–water partition coefficient (Wildman–Crippen LogP) is 6.46. The first-order valence-electron chi connectivity index (χ1n) is 11.2. The first-order chi connectivity index (χ1) is 13.0. The third-order valence-electron chi connectivity index (χ3n) is 6.90. The van der Waals surface area contributed by atoms with Gasteiger partial charge in [0.1, 0.15) is 17.1 Å². The molecule has 3 nitrogen and oxygen atoms in total. The van der Waals surface area contributed by atoms with Crippen LogP contribution in [-0.4, -0.2) is 25.6 Å². The molecule has 0 N–H and O–H groups in total. The van der Waals surface area contributed by atoms with Gasteiger partial charge < -0.3 is 13.9 Å². The summed E-state index contributed by atoms with van der Waals surface area (Å²) in [7, 11) is -1.72. The van der Waals surface area contributed by atoms with Gasteiger partial charge >= 0.3 is 0 Å². The number of hydrogen-bond acceptors (Lipinski definition) is 3. The summed E-state index contributed by atoms with van der Waals surface area (Å²) in [6.45, 7) is 15.9. The van der Waals surface area contributed by atoms with Gasteiger partial charge in [-0.15, -0.1) is 0 Å². The highest BCUT2D eigenvalue weighted by Gasteiger charge is 2.63. The van der Waals surface area contributed by atoms with Crippen LogP contribution in [0.5, 0.6) is 11.5 Å². The molecular formula is C24H38O3Si. The number of aryl methyl sites for hydroxylation is 1. The number of benzene rings is 1. The Bertz CT molecular complexity index is 751. The van der Waals surface area contributed by atoms with E-state index in [-0.39, 0.29) is 11.2 Å². The Hall–Kier alpha value is -1.00. The average Bonchev–Trinajstić information content (AvgIpc) is 3.21. The van der Waals surface area contributed by atoms with E-state index in [1.54, 1.807) is 0 Å². The average molecular weight is 403 g/mol. The maximum absolute atomic E-state index is 6.67. The van der Waals surface area contributed by atoms with Crippen LogP contribution in [-0.2, 0) is 11.2 Å². The molecule has 4 atom stereocenters. The molecule has 1 aromatic carbocycles. The van der Waals surface area contributed by atoms with Crippen molar-refractivity contribution in [2.75, 3.05) is 0 Å². The second kappa shape index (κ2) is 6.77. The first-order valence-corrected chi connectivity index (χ1v) is 14.7. The highest BCUT2D eigenvalue weighted by atomic mass is 28.4. The highest BCUT2D eigenvalue weighted by Crippen LogP contribution is 2.62. The standard InChI is InChI=1S/C24H38O3Si/c1-8-9-10-11-16-12-19-22(20(13-16)27-28(5,6)7)17-15-24(4)21(26-24)14-18(17)23(2,3)25-19/h12-13,17-18,21H,8-11,14-15H2,1-7H3/t17-,18-,21-,24+/m1/s1. The van der Waals surface area contributed by atoms with Crippen LogP contribution < -0.4 is 9.16 Å². The Morgan fingerprint density at radius 1 is 1.14 bits per heavy atom. The third-order valence-corrected chi connectivity index (χ3v) is 7.73. The van der Waals surface area contributed by atoms with Crippen LogP contribution in [0, 0.1) is 5.92 Å². The summed E-state index contributed by atoms with van der Waals surface area (Å²) in [6.07, 6.45) is 7.44. The van der Waals surface area contributed by atoms with E-state index < -0.39 is 8.32 Å². The van der Waals surface area contributed by atoms with E-state index in [1.165, 1.54) is 30.4 Å². The summed E-state index contributed by atoms with van der Waals surface area (Å²) in [4.78, 5) is 0. The molecule has 1 saturated carbocycles. The van der Waals surface area contributed by atoms with Gasteiger partial charge in [-0.2, -0.15) is 0 Å². The van der Waals surface area contributed by atoms with Crippen molar-refractivity contribution in [1.82, 2.24) is 0 Å². The molecule has 28 heavy (non-hydrogen) atoms. The maximum Gasteiger partial charge on any atom is 0.242 e. The molecule has 0 unspecified atom stereocenters. The van der Waals surface area contributed by atoms with Crippen LogP contribution in [0.4, 0.5) is 0 Å². The molecule has 3 aliphatic rings. The SMILES string of the molecule is CCCCCc1cc2c(c(O[Si](C)(C)C)c1)[C@@H]1C[C@]3(C)O[C@@H]3C[C@H]1C(C)(C)O2. The molecule has 2 fully saturated rings. The van der Waals surface area contributed by atoms with E-state index in [4.69, 9.17) is 13.9 Å². The van der Waals surface area contributed by atoms with E-state index in [9.17, 15) is 0 Å². The van der Waals surface area contributed by atoms with E-state index in [0.717, 1.165) is 30.8 Å². The van der Waals surface area contributed by atoms with Crippen LogP contribution in [0.2, 0.25) is 19.6 Å². The van der Waals surface area contributed by atoms with Gasteiger partial charge in [-0.25, -0.2) is 0 Å². The minimum Gasteiger partial charge on any atom is -0.544 e. The Labute approximate surface area is 172 Å². The van der Waals surface area contributed by atoms with Crippen molar-refractivity contribution in [3.05, 3.63) is 23.3 Å². The smallest absolute Gasteiger partial charge is 0.242 e. The fourth-order valence-electron chi connectivity index (χ4n) is 5.42. The minimum atomic E-state index is -1.72. The summed E-state index contributed by atoms with van der Waals surface area (Å²) < 4.78 is 19.4. The van der Waals surface area contributed by atoms with Crippen LogP contribution in [0.25, 0.3) is 0 Å². The number of unbranched alkanes of at least 4 members (excludes halogenated alkanes) is 2. The number of hydrogen-bond donors (Lipinski definition) is 0. The molecule has 1 saturated heterocycles. The second-order valence-corrected chi connectivity index (χ2v) is 15.4. The molecule has 0 amide bonds. The molecule has 4 rings (SSSR count). The number of epoxide rings is 1. The van der Waals surface area contributed by atoms with Gasteiger partial charge in [-0.05, 0) is 83.8 Å². The lowest BCUT2D eigenvalue weighted by atomic mass is 9.64. The minimum absolute atomic E-state index is 0.0576. The molecule has 0 spiro atoms. The first kappa shape index (κ1) is 20.3. The van der Waals surface area contributed by atoms with Gasteiger partial charge in [-0.1, -0.05) is 19.8 Å². The van der Waals surface area contributed by atoms with Crippen LogP contribution in [0.3, 0.4) is 0 Å². The van der Waals surface area contributed by atoms with E-state index >= 15 is 0 Å². The van der Waals surface area contributed by atoms with Crippen LogP contribution >= 0.6 is 0 Å². The molecule has 1 aliphatic carbocycles. The van der Waals surface area contributed by atoms with Gasteiger partial charge in [0.25, 0.3) is 0 Å². The summed E-state index contributed by atoms with van der Waals surface area (Å²) in [6, 6.07) is 4.63. The van der Waals surface area contributed by atoms with Crippen molar-refractivity contribution in [1.29, 1.82) is 0 Å². The molecule has 0 aromatic heterocycles. The Kier molecular flexibility index (Phi) is 4.90. The zero-order chi connectivity index (χ0) is 20.3. The number of rotatable bonds is 6. The largest absolute Gasteiger partial charge is 0.544 e. The lowest BCUT2D eigenvalue weighted by molar-refractivity contribution is -0.00569. The lowest BCUT2D eigenvalue weighted by Gasteiger charge is -2.48. The van der Waals surface area contributed by atoms with Gasteiger partial charge in [0, 0.05) is 17.4 Å². The Morgan fingerprint density at radius 2 is 1.89 bits per heavy atom. The van der Waals surface area contributed by atoms with Crippen molar-refractivity contribution >= 4 is 8.32 Å². The fourth-order valence-corrected chi connectivity index (χ4v) is 6.24. The summed E-state index contributed by atoms with van der Waals surface area (Å²) in [5, 5.41) is 0. The monoisotopic (exact) mass is 402 g/mol. The van der Waals surface area contributed by atoms with Gasteiger partial charge in [0.15, 0.2) is 0 Å². The summed E-state index contributed by atoms with van der Waals surface area (Å²) in [5.74, 6) is 3.10. The molecule has 4 heteroatoms. The highest BCUT2D eigenvalue weighted by molar-refractivity contribution is 6.70. The summed E-state index contributed by atoms with van der Waals surface area (Å²) in [5.41, 5.74) is 2.57. The fraction of sp³-hybridized carbons (Fsp3) is 0.750. The van der Waals surface area contributed by atoms with Crippen molar-refractivity contribution in [3.8, 4) is 11.5 Å². The molecule has 0 bridgehead atoms. The zero-order valence-corrected chi connectivity index (χ0v) is 19.9. The Balaban J connectivity index is 1.76. The molecule has 2 heterocycles. The van der Waals surface area contributed by atoms with E-state index in [0.29, 0.717) is 17.9 Å². The van der Waals surface area contributed by atoms with Crippen molar-refractivity contribution < 1.29 is 13.9 Å². The number of fused-ring (bicyclic) bond motifs is 4. The van der Waals surface area contributed by atoms with Gasteiger partial charge in [-0.3, -0.25) is 0 Å². The van der Waals surface area contributed by atoms with Crippen molar-refractivity contribution in [2.24, 2.45) is 5.92 Å². The topological polar surface area (TPSA) is 31.0 Å². The van der Waals surface area contributed by atoms with E-state index in [1.807, 2.05) is 0 Å². The van der Waals surface area contributed by atoms with Gasteiger partial charge in [0.05, 0.1) is 11.7 Å². The van der Waals surface area contributed by atoms with Crippen LogP contribution in [0.1, 0.15) is 76.8 Å². The van der Waals surface area contributed by atoms with Gasteiger partial charge in [0.2, 0.25) is 8.32 Å². The lowest BCUT2D eigenvalue weighted by Crippen LogP contribution is -2.48. The number of ether oxygens (including phenoxy) is 2. The molecule has 2 aliphatic heterocycles. The van der Waals surface area contributed by atoms with Crippen LogP contribution in [0.15, 0.2) is 12.1 Å². The molecule has 156 valence electrons. The maximum atomic E-state index is 6.67. The zero-order valence-electron chi connectivity index (χ0n) is 18.9. The molecular weight excluding hydrogens is 364 g/mol. The van der Waals surface area contributed by atoms with Crippen molar-refractivity contribution in [3.63, 3.8) is 0 Å². The third kappa shape index (κ3) is 3.75. The summed E-state index contributed by atoms with van der Waals surface area (Å²) >= 11 is 0. The molecule has 0 radical (unpaired) electrons. The Morgan fingerprint density at radius 3 is 2.57 bits per heavy atom. The van der Waals surface area contributed by atoms with E-state index in [2.05, 4.69) is 59.5 Å². The quantitative estimate of drug-likeness (QED) is 0.311. The molecule has 1 aromatic rings.